The van der Waals surface area contributed by atoms with Crippen molar-refractivity contribution in [2.24, 2.45) is 0 Å². The fourth-order valence-electron chi connectivity index (χ4n) is 1.94. The van der Waals surface area contributed by atoms with Gasteiger partial charge in [-0.05, 0) is 18.6 Å². The first-order valence-electron chi connectivity index (χ1n) is 6.34. The van der Waals surface area contributed by atoms with Crippen LogP contribution in [0.2, 0.25) is 0 Å². The highest BCUT2D eigenvalue weighted by molar-refractivity contribution is 5.56. The number of aryl methyl sites for hydroxylation is 1. The molecule has 0 spiro atoms. The molecule has 0 saturated carbocycles. The third-order valence-electron chi connectivity index (χ3n) is 3.02. The molecule has 2 aromatic rings. The van der Waals surface area contributed by atoms with Crippen molar-refractivity contribution < 1.29 is 0 Å². The van der Waals surface area contributed by atoms with Crippen molar-refractivity contribution in [2.75, 3.05) is 17.7 Å². The van der Waals surface area contributed by atoms with E-state index in [-0.39, 0.29) is 0 Å². The summed E-state index contributed by atoms with van der Waals surface area (Å²) in [5.41, 5.74) is 8.00. The molecule has 0 radical (unpaired) electrons. The maximum Gasteiger partial charge on any atom is 0.137 e. The summed E-state index contributed by atoms with van der Waals surface area (Å²) in [7, 11) is 2.00. The van der Waals surface area contributed by atoms with Gasteiger partial charge in [0.05, 0.1) is 0 Å². The van der Waals surface area contributed by atoms with E-state index in [0.29, 0.717) is 5.82 Å². The fourth-order valence-corrected chi connectivity index (χ4v) is 1.94. The van der Waals surface area contributed by atoms with Crippen molar-refractivity contribution in [1.29, 1.82) is 0 Å². The van der Waals surface area contributed by atoms with Crippen molar-refractivity contribution >= 4 is 11.6 Å². The number of anilines is 2. The Hall–Kier alpha value is -2.17. The fraction of sp³-hybridized carbons (Fsp3) is 0.357. The number of pyridine rings is 1. The maximum atomic E-state index is 5.94. The van der Waals surface area contributed by atoms with E-state index in [1.165, 1.54) is 0 Å². The summed E-state index contributed by atoms with van der Waals surface area (Å²) >= 11 is 0. The number of rotatable bonds is 4. The second-order valence-corrected chi connectivity index (χ2v) is 4.54. The van der Waals surface area contributed by atoms with Crippen LogP contribution in [0.1, 0.15) is 23.9 Å². The number of nitrogens with two attached hydrogens (primary N) is 1. The third kappa shape index (κ3) is 2.99. The van der Waals surface area contributed by atoms with E-state index >= 15 is 0 Å². The smallest absolute Gasteiger partial charge is 0.137 e. The standard InChI is InChI=1S/C14H19N5/c1-4-12-17-13(15)10(2)14(18-12)19(3)9-11-6-5-7-16-8-11/h5-8H,4,9H2,1-3H3,(H2,15,17,18). The Morgan fingerprint density at radius 2 is 2.11 bits per heavy atom. The highest BCUT2D eigenvalue weighted by atomic mass is 15.2. The minimum absolute atomic E-state index is 0.555. The molecular weight excluding hydrogens is 238 g/mol. The molecule has 0 bridgehead atoms. The van der Waals surface area contributed by atoms with Gasteiger partial charge in [0, 0.05) is 38.0 Å². The Balaban J connectivity index is 2.28. The van der Waals surface area contributed by atoms with Crippen LogP contribution in [0.25, 0.3) is 0 Å². The summed E-state index contributed by atoms with van der Waals surface area (Å²) < 4.78 is 0. The van der Waals surface area contributed by atoms with Crippen LogP contribution in [0.3, 0.4) is 0 Å². The van der Waals surface area contributed by atoms with Crippen molar-refractivity contribution in [2.45, 2.75) is 26.8 Å². The predicted octanol–water partition coefficient (Wildman–Crippen LogP) is 1.96. The summed E-state index contributed by atoms with van der Waals surface area (Å²) in [5, 5.41) is 0. The molecule has 0 atom stereocenters. The molecule has 2 aromatic heterocycles. The molecule has 0 unspecified atom stereocenters. The van der Waals surface area contributed by atoms with E-state index in [4.69, 9.17) is 5.73 Å². The van der Waals surface area contributed by atoms with Crippen LogP contribution < -0.4 is 10.6 Å². The normalized spacial score (nSPS) is 10.5. The molecule has 5 nitrogen and oxygen atoms in total. The molecular formula is C14H19N5. The molecule has 0 fully saturated rings. The lowest BCUT2D eigenvalue weighted by Gasteiger charge is -2.21. The minimum Gasteiger partial charge on any atom is -0.383 e. The Bertz CT molecular complexity index is 553. The Labute approximate surface area is 113 Å². The molecule has 0 aliphatic rings. The van der Waals surface area contributed by atoms with Crippen LogP contribution in [0.5, 0.6) is 0 Å². The average Bonchev–Trinajstić information content (AvgIpc) is 2.42. The first-order valence-corrected chi connectivity index (χ1v) is 6.34. The SMILES string of the molecule is CCc1nc(N)c(C)c(N(C)Cc2cccnc2)n1. The van der Waals surface area contributed by atoms with Crippen molar-refractivity contribution in [1.82, 2.24) is 15.0 Å². The van der Waals surface area contributed by atoms with Crippen LogP contribution in [0.4, 0.5) is 11.6 Å². The zero-order valence-corrected chi connectivity index (χ0v) is 11.6. The Morgan fingerprint density at radius 1 is 1.32 bits per heavy atom. The van der Waals surface area contributed by atoms with Gasteiger partial charge in [-0.1, -0.05) is 13.0 Å². The van der Waals surface area contributed by atoms with E-state index in [2.05, 4.69) is 19.9 Å². The summed E-state index contributed by atoms with van der Waals surface area (Å²) in [6.07, 6.45) is 4.40. The van der Waals surface area contributed by atoms with Crippen molar-refractivity contribution in [3.8, 4) is 0 Å². The first kappa shape index (κ1) is 13.3. The maximum absolute atomic E-state index is 5.94. The van der Waals surface area contributed by atoms with Crippen LogP contribution in [-0.2, 0) is 13.0 Å². The molecule has 5 heteroatoms. The van der Waals surface area contributed by atoms with Gasteiger partial charge in [-0.15, -0.1) is 0 Å². The molecule has 19 heavy (non-hydrogen) atoms. The van der Waals surface area contributed by atoms with Crippen LogP contribution in [0, 0.1) is 6.92 Å². The topological polar surface area (TPSA) is 67.9 Å². The lowest BCUT2D eigenvalue weighted by molar-refractivity contribution is 0.849. The summed E-state index contributed by atoms with van der Waals surface area (Å²) in [4.78, 5) is 15.0. The van der Waals surface area contributed by atoms with Gasteiger partial charge in [-0.3, -0.25) is 4.98 Å². The number of hydrogen-bond acceptors (Lipinski definition) is 5. The van der Waals surface area contributed by atoms with E-state index in [9.17, 15) is 0 Å². The Morgan fingerprint density at radius 3 is 2.74 bits per heavy atom. The van der Waals surface area contributed by atoms with Gasteiger partial charge >= 0.3 is 0 Å². The van der Waals surface area contributed by atoms with Gasteiger partial charge in [0.1, 0.15) is 17.5 Å². The third-order valence-corrected chi connectivity index (χ3v) is 3.02. The summed E-state index contributed by atoms with van der Waals surface area (Å²) in [5.74, 6) is 2.21. The van der Waals surface area contributed by atoms with Crippen molar-refractivity contribution in [3.05, 3.63) is 41.5 Å². The van der Waals surface area contributed by atoms with E-state index in [1.807, 2.05) is 39.2 Å². The highest BCUT2D eigenvalue weighted by Gasteiger charge is 2.12. The number of hydrogen-bond donors (Lipinski definition) is 1. The van der Waals surface area contributed by atoms with Gasteiger partial charge in [0.25, 0.3) is 0 Å². The van der Waals surface area contributed by atoms with Crippen LogP contribution >= 0.6 is 0 Å². The van der Waals surface area contributed by atoms with Crippen molar-refractivity contribution in [3.63, 3.8) is 0 Å². The molecule has 100 valence electrons. The second-order valence-electron chi connectivity index (χ2n) is 4.54. The molecule has 2 heterocycles. The molecule has 0 amide bonds. The molecule has 2 N–H and O–H groups in total. The Kier molecular flexibility index (Phi) is 3.94. The van der Waals surface area contributed by atoms with E-state index in [0.717, 1.165) is 35.7 Å². The number of nitrogen functional groups attached to an aromatic ring is 1. The highest BCUT2D eigenvalue weighted by Crippen LogP contribution is 2.22. The van der Waals surface area contributed by atoms with Crippen LogP contribution in [0.15, 0.2) is 24.5 Å². The molecule has 0 aliphatic heterocycles. The minimum atomic E-state index is 0.555. The summed E-state index contributed by atoms with van der Waals surface area (Å²) in [6, 6.07) is 3.98. The molecule has 0 saturated heterocycles. The lowest BCUT2D eigenvalue weighted by atomic mass is 10.2. The van der Waals surface area contributed by atoms with Gasteiger partial charge < -0.3 is 10.6 Å². The van der Waals surface area contributed by atoms with Crippen LogP contribution in [-0.4, -0.2) is 22.0 Å². The molecule has 2 rings (SSSR count). The van der Waals surface area contributed by atoms with E-state index < -0.39 is 0 Å². The zero-order valence-electron chi connectivity index (χ0n) is 11.6. The van der Waals surface area contributed by atoms with Gasteiger partial charge in [-0.2, -0.15) is 0 Å². The van der Waals surface area contributed by atoms with Gasteiger partial charge in [0.2, 0.25) is 0 Å². The average molecular weight is 257 g/mol. The largest absolute Gasteiger partial charge is 0.383 e. The summed E-state index contributed by atoms with van der Waals surface area (Å²) in [6.45, 7) is 4.72. The van der Waals surface area contributed by atoms with E-state index in [1.54, 1.807) is 6.20 Å². The zero-order chi connectivity index (χ0) is 13.8. The molecule has 0 aliphatic carbocycles. The van der Waals surface area contributed by atoms with Gasteiger partial charge in [0.15, 0.2) is 0 Å². The predicted molar refractivity (Wildman–Crippen MR) is 76.9 cm³/mol. The lowest BCUT2D eigenvalue weighted by Crippen LogP contribution is -2.20. The first-order chi connectivity index (χ1) is 9.11. The monoisotopic (exact) mass is 257 g/mol. The van der Waals surface area contributed by atoms with Gasteiger partial charge in [-0.25, -0.2) is 9.97 Å². The molecule has 0 aromatic carbocycles. The number of nitrogens with zero attached hydrogens (tertiary/aromatic N) is 4. The number of aromatic nitrogens is 3. The quantitative estimate of drug-likeness (QED) is 0.906. The second kappa shape index (κ2) is 5.65.